The molecular weight excluding hydrogens is 300 g/mol. The maximum Gasteiger partial charge on any atom is 0.279 e. The van der Waals surface area contributed by atoms with E-state index in [2.05, 4.69) is 20.2 Å². The highest BCUT2D eigenvalue weighted by Crippen LogP contribution is 2.23. The molecule has 1 aromatic carbocycles. The Hall–Kier alpha value is -1.57. The van der Waals surface area contributed by atoms with Gasteiger partial charge in [-0.3, -0.25) is 9.82 Å². The quantitative estimate of drug-likeness (QED) is 0.786. The van der Waals surface area contributed by atoms with Crippen molar-refractivity contribution in [1.29, 1.82) is 0 Å². The van der Waals surface area contributed by atoms with Crippen LogP contribution in [-0.4, -0.2) is 25.7 Å². The van der Waals surface area contributed by atoms with Crippen LogP contribution in [0.3, 0.4) is 0 Å². The molecule has 2 rings (SSSR count). The van der Waals surface area contributed by atoms with Crippen molar-refractivity contribution in [2.24, 2.45) is 0 Å². The molecule has 1 aromatic heterocycles. The molecule has 0 amide bonds. The zero-order chi connectivity index (χ0) is 14.8. The highest BCUT2D eigenvalue weighted by Gasteiger charge is 2.20. The number of aromatic nitrogens is 2. The molecule has 1 heterocycles. The minimum Gasteiger partial charge on any atom is -0.316 e. The van der Waals surface area contributed by atoms with Gasteiger partial charge in [0.2, 0.25) is 0 Å². The van der Waals surface area contributed by atoms with Gasteiger partial charge in [0.25, 0.3) is 10.0 Å². The van der Waals surface area contributed by atoms with Gasteiger partial charge in [0.1, 0.15) is 0 Å². The first-order chi connectivity index (χ1) is 9.44. The van der Waals surface area contributed by atoms with Gasteiger partial charge in [-0.15, -0.1) is 0 Å². The monoisotopic (exact) mass is 314 g/mol. The van der Waals surface area contributed by atoms with Gasteiger partial charge in [-0.05, 0) is 31.7 Å². The molecule has 2 aromatic rings. The average Bonchev–Trinajstić information content (AvgIpc) is 2.83. The fourth-order valence-electron chi connectivity index (χ4n) is 1.71. The second-order valence-electron chi connectivity index (χ2n) is 4.32. The molecular formula is C12H15ClN4O2S. The van der Waals surface area contributed by atoms with Crippen molar-refractivity contribution in [3.63, 3.8) is 0 Å². The summed E-state index contributed by atoms with van der Waals surface area (Å²) in [6.45, 7) is 2.25. The van der Waals surface area contributed by atoms with Gasteiger partial charge < -0.3 is 5.32 Å². The lowest BCUT2D eigenvalue weighted by Gasteiger charge is -2.09. The molecule has 108 valence electrons. The van der Waals surface area contributed by atoms with E-state index in [1.165, 1.54) is 6.20 Å². The van der Waals surface area contributed by atoms with Crippen molar-refractivity contribution in [1.82, 2.24) is 15.5 Å². The van der Waals surface area contributed by atoms with Crippen molar-refractivity contribution in [2.45, 2.75) is 18.5 Å². The van der Waals surface area contributed by atoms with E-state index < -0.39 is 10.0 Å². The predicted octanol–water partition coefficient (Wildman–Crippen LogP) is 1.89. The van der Waals surface area contributed by atoms with Crippen LogP contribution < -0.4 is 10.0 Å². The van der Waals surface area contributed by atoms with Gasteiger partial charge in [-0.2, -0.15) is 13.5 Å². The molecule has 8 heteroatoms. The van der Waals surface area contributed by atoms with Crippen molar-refractivity contribution in [3.8, 4) is 0 Å². The maximum atomic E-state index is 12.3. The summed E-state index contributed by atoms with van der Waals surface area (Å²) >= 11 is 5.98. The van der Waals surface area contributed by atoms with E-state index in [0.29, 0.717) is 22.8 Å². The van der Waals surface area contributed by atoms with E-state index in [0.717, 1.165) is 5.56 Å². The minimum absolute atomic E-state index is 0.0450. The molecule has 0 radical (unpaired) electrons. The number of H-pyrrole nitrogens is 1. The number of benzene rings is 1. The van der Waals surface area contributed by atoms with E-state index in [-0.39, 0.29) is 5.03 Å². The Morgan fingerprint density at radius 3 is 2.80 bits per heavy atom. The van der Waals surface area contributed by atoms with Crippen LogP contribution in [0.5, 0.6) is 0 Å². The number of hydrogen-bond acceptors (Lipinski definition) is 4. The lowest BCUT2D eigenvalue weighted by Crippen LogP contribution is -2.17. The second-order valence-corrected chi connectivity index (χ2v) is 6.35. The molecule has 6 nitrogen and oxygen atoms in total. The zero-order valence-corrected chi connectivity index (χ0v) is 12.6. The standard InChI is InChI=1S/C12H15ClN4O2S/c1-8-3-4-10(5-11(8)13)17-20(18,19)12-9(6-14-2)7-15-16-12/h3-5,7,14,17H,6H2,1-2H3,(H,15,16). The van der Waals surface area contributed by atoms with Crippen LogP contribution in [0, 0.1) is 6.92 Å². The largest absolute Gasteiger partial charge is 0.316 e. The number of aromatic amines is 1. The van der Waals surface area contributed by atoms with Crippen molar-refractivity contribution >= 4 is 27.3 Å². The predicted molar refractivity (Wildman–Crippen MR) is 78.3 cm³/mol. The van der Waals surface area contributed by atoms with Crippen molar-refractivity contribution in [3.05, 3.63) is 40.5 Å². The third-order valence-electron chi connectivity index (χ3n) is 2.74. The number of nitrogens with one attached hydrogen (secondary N) is 3. The molecule has 20 heavy (non-hydrogen) atoms. The number of nitrogens with zero attached hydrogens (tertiary/aromatic N) is 1. The molecule has 0 fully saturated rings. The Bertz CT molecular complexity index is 712. The van der Waals surface area contributed by atoms with E-state index in [1.54, 1.807) is 25.2 Å². The summed E-state index contributed by atoms with van der Waals surface area (Å²) in [5.41, 5.74) is 1.86. The number of aryl methyl sites for hydroxylation is 1. The smallest absolute Gasteiger partial charge is 0.279 e. The SMILES string of the molecule is CNCc1cn[nH]c1S(=O)(=O)Nc1ccc(C)c(Cl)c1. The van der Waals surface area contributed by atoms with Crippen molar-refractivity contribution < 1.29 is 8.42 Å². The number of halogens is 1. The molecule has 0 spiro atoms. The Balaban J connectivity index is 2.30. The van der Waals surface area contributed by atoms with Crippen LogP contribution >= 0.6 is 11.6 Å². The van der Waals surface area contributed by atoms with E-state index in [1.807, 2.05) is 6.92 Å². The van der Waals surface area contributed by atoms with E-state index >= 15 is 0 Å². The molecule has 0 saturated carbocycles. The van der Waals surface area contributed by atoms with Gasteiger partial charge in [0.05, 0.1) is 11.9 Å². The van der Waals surface area contributed by atoms with Crippen LogP contribution in [0.15, 0.2) is 29.4 Å². The summed E-state index contributed by atoms with van der Waals surface area (Å²) in [7, 11) is -1.99. The summed E-state index contributed by atoms with van der Waals surface area (Å²) in [6.07, 6.45) is 1.48. The topological polar surface area (TPSA) is 86.9 Å². The zero-order valence-electron chi connectivity index (χ0n) is 11.1. The normalized spacial score (nSPS) is 11.6. The van der Waals surface area contributed by atoms with Gasteiger partial charge >= 0.3 is 0 Å². The first-order valence-electron chi connectivity index (χ1n) is 5.90. The van der Waals surface area contributed by atoms with Crippen LogP contribution in [0.1, 0.15) is 11.1 Å². The molecule has 0 bridgehead atoms. The second kappa shape index (κ2) is 5.82. The van der Waals surface area contributed by atoms with Crippen LogP contribution in [-0.2, 0) is 16.6 Å². The first-order valence-corrected chi connectivity index (χ1v) is 7.76. The van der Waals surface area contributed by atoms with Gasteiger partial charge in [0.15, 0.2) is 5.03 Å². The van der Waals surface area contributed by atoms with Crippen LogP contribution in [0.4, 0.5) is 5.69 Å². The minimum atomic E-state index is -3.72. The number of rotatable bonds is 5. The lowest BCUT2D eigenvalue weighted by atomic mass is 10.2. The highest BCUT2D eigenvalue weighted by atomic mass is 35.5. The molecule has 0 aliphatic heterocycles. The van der Waals surface area contributed by atoms with E-state index in [9.17, 15) is 8.42 Å². The Morgan fingerprint density at radius 1 is 1.40 bits per heavy atom. The average molecular weight is 315 g/mol. The molecule has 0 unspecified atom stereocenters. The Kier molecular flexibility index (Phi) is 4.32. The van der Waals surface area contributed by atoms with Crippen molar-refractivity contribution in [2.75, 3.05) is 11.8 Å². The van der Waals surface area contributed by atoms with Gasteiger partial charge in [0, 0.05) is 17.1 Å². The number of hydrogen-bond donors (Lipinski definition) is 3. The first kappa shape index (κ1) is 14.8. The number of anilines is 1. The fourth-order valence-corrected chi connectivity index (χ4v) is 3.07. The highest BCUT2D eigenvalue weighted by molar-refractivity contribution is 7.92. The fraction of sp³-hybridized carbons (Fsp3) is 0.250. The molecule has 0 atom stereocenters. The molecule has 0 saturated heterocycles. The summed E-state index contributed by atoms with van der Waals surface area (Å²) in [5.74, 6) is 0. The molecule has 0 aliphatic carbocycles. The lowest BCUT2D eigenvalue weighted by molar-refractivity contribution is 0.595. The summed E-state index contributed by atoms with van der Waals surface area (Å²) in [4.78, 5) is 0. The van der Waals surface area contributed by atoms with Crippen LogP contribution in [0.25, 0.3) is 0 Å². The third-order valence-corrected chi connectivity index (χ3v) is 4.54. The molecule has 3 N–H and O–H groups in total. The third kappa shape index (κ3) is 3.12. The van der Waals surface area contributed by atoms with Crippen LogP contribution in [0.2, 0.25) is 5.02 Å². The van der Waals surface area contributed by atoms with Gasteiger partial charge in [-0.25, -0.2) is 0 Å². The maximum absolute atomic E-state index is 12.3. The Morgan fingerprint density at radius 2 is 2.15 bits per heavy atom. The molecule has 0 aliphatic rings. The summed E-state index contributed by atoms with van der Waals surface area (Å²) in [6, 6.07) is 4.98. The Labute approximate surface area is 122 Å². The van der Waals surface area contributed by atoms with Gasteiger partial charge in [-0.1, -0.05) is 17.7 Å². The van der Waals surface area contributed by atoms with E-state index in [4.69, 9.17) is 11.6 Å². The summed E-state index contributed by atoms with van der Waals surface area (Å²) in [5, 5.41) is 9.71. The summed E-state index contributed by atoms with van der Waals surface area (Å²) < 4.78 is 27.1. The number of sulfonamides is 1.